The van der Waals surface area contributed by atoms with Crippen LogP contribution < -0.4 is 0 Å². The first-order valence-electron chi connectivity index (χ1n) is 3.65. The molecule has 1 aromatic heterocycles. The summed E-state index contributed by atoms with van der Waals surface area (Å²) in [6.07, 6.45) is -4.39. The molecule has 0 aliphatic carbocycles. The van der Waals surface area contributed by atoms with Gasteiger partial charge in [0.2, 0.25) is 0 Å². The fourth-order valence-corrected chi connectivity index (χ4v) is 1.38. The molecule has 0 spiro atoms. The Morgan fingerprint density at radius 2 is 1.92 bits per heavy atom. The van der Waals surface area contributed by atoms with Crippen molar-refractivity contribution >= 4 is 15.9 Å². The minimum Gasteiger partial charge on any atom is -0.336 e. The van der Waals surface area contributed by atoms with E-state index in [1.165, 1.54) is 0 Å². The molecule has 0 bridgehead atoms. The Balaban J connectivity index is 3.20. The first-order valence-corrected chi connectivity index (χ1v) is 4.44. The number of imidazole rings is 1. The maximum atomic E-state index is 12.3. The lowest BCUT2D eigenvalue weighted by Crippen LogP contribution is -2.09. The average molecular weight is 257 g/mol. The Hall–Kier alpha value is -0.520. The van der Waals surface area contributed by atoms with E-state index in [-0.39, 0.29) is 16.3 Å². The van der Waals surface area contributed by atoms with Gasteiger partial charge < -0.3 is 4.98 Å². The van der Waals surface area contributed by atoms with Crippen molar-refractivity contribution in [1.29, 1.82) is 0 Å². The van der Waals surface area contributed by atoms with Gasteiger partial charge in [0.05, 0.1) is 5.69 Å². The highest BCUT2D eigenvalue weighted by atomic mass is 79.9. The quantitative estimate of drug-likeness (QED) is 0.821. The van der Waals surface area contributed by atoms with Crippen molar-refractivity contribution in [2.75, 3.05) is 0 Å². The highest BCUT2D eigenvalue weighted by Crippen LogP contribution is 2.34. The van der Waals surface area contributed by atoms with Crippen molar-refractivity contribution in [2.24, 2.45) is 0 Å². The molecule has 1 rings (SSSR count). The highest BCUT2D eigenvalue weighted by Gasteiger charge is 2.37. The van der Waals surface area contributed by atoms with Crippen LogP contribution in [0.25, 0.3) is 0 Å². The van der Waals surface area contributed by atoms with Gasteiger partial charge in [-0.2, -0.15) is 13.2 Å². The van der Waals surface area contributed by atoms with Gasteiger partial charge >= 0.3 is 6.18 Å². The zero-order valence-corrected chi connectivity index (χ0v) is 8.62. The number of nitrogens with one attached hydrogen (secondary N) is 1. The van der Waals surface area contributed by atoms with Crippen molar-refractivity contribution < 1.29 is 13.2 Å². The highest BCUT2D eigenvalue weighted by molar-refractivity contribution is 9.10. The zero-order chi connectivity index (χ0) is 10.2. The van der Waals surface area contributed by atoms with Crippen LogP contribution in [-0.4, -0.2) is 9.97 Å². The van der Waals surface area contributed by atoms with Gasteiger partial charge in [-0.05, 0) is 21.8 Å². The van der Waals surface area contributed by atoms with Crippen LogP contribution in [-0.2, 0) is 6.18 Å². The monoisotopic (exact) mass is 256 g/mol. The maximum Gasteiger partial charge on any atom is 0.435 e. The van der Waals surface area contributed by atoms with E-state index in [9.17, 15) is 13.2 Å². The Morgan fingerprint density at radius 1 is 1.38 bits per heavy atom. The van der Waals surface area contributed by atoms with E-state index in [0.29, 0.717) is 0 Å². The molecule has 0 saturated heterocycles. The van der Waals surface area contributed by atoms with Gasteiger partial charge in [-0.1, -0.05) is 13.8 Å². The predicted octanol–water partition coefficient (Wildman–Crippen LogP) is 3.31. The summed E-state index contributed by atoms with van der Waals surface area (Å²) in [5, 5.41) is 0. The molecule has 0 aromatic carbocycles. The van der Waals surface area contributed by atoms with Gasteiger partial charge in [-0.25, -0.2) is 4.98 Å². The van der Waals surface area contributed by atoms with E-state index < -0.39 is 11.9 Å². The normalized spacial score (nSPS) is 12.5. The van der Waals surface area contributed by atoms with Gasteiger partial charge in [0, 0.05) is 0 Å². The molecule has 0 fully saturated rings. The summed E-state index contributed by atoms with van der Waals surface area (Å²) in [5.74, 6) is -0.226. The van der Waals surface area contributed by atoms with Gasteiger partial charge in [0.25, 0.3) is 0 Å². The standard InChI is InChI=1S/C7H8BrF3N2/c1-3(2)4-5(7(9,10)11)13-6(8)12-4/h3H,1-2H3,(H,12,13). The summed E-state index contributed by atoms with van der Waals surface area (Å²) in [6, 6.07) is 0. The van der Waals surface area contributed by atoms with Crippen LogP contribution in [0.5, 0.6) is 0 Å². The Labute approximate surface area is 81.7 Å². The zero-order valence-electron chi connectivity index (χ0n) is 7.04. The fourth-order valence-electron chi connectivity index (χ4n) is 0.991. The minimum atomic E-state index is -4.39. The van der Waals surface area contributed by atoms with Crippen LogP contribution in [0.2, 0.25) is 0 Å². The Kier molecular flexibility index (Phi) is 2.70. The lowest BCUT2D eigenvalue weighted by molar-refractivity contribution is -0.141. The van der Waals surface area contributed by atoms with Crippen LogP contribution in [0.3, 0.4) is 0 Å². The number of aromatic amines is 1. The number of rotatable bonds is 1. The summed E-state index contributed by atoms with van der Waals surface area (Å²) < 4.78 is 37.1. The molecule has 1 aromatic rings. The molecule has 0 unspecified atom stereocenters. The Morgan fingerprint density at radius 3 is 2.23 bits per heavy atom. The van der Waals surface area contributed by atoms with E-state index in [1.54, 1.807) is 13.8 Å². The third-order valence-electron chi connectivity index (χ3n) is 1.55. The third kappa shape index (κ3) is 2.24. The molecule has 1 N–H and O–H groups in total. The summed E-state index contributed by atoms with van der Waals surface area (Å²) in [6.45, 7) is 3.35. The molecular weight excluding hydrogens is 249 g/mol. The van der Waals surface area contributed by atoms with E-state index in [0.717, 1.165) is 0 Å². The molecule has 1 heterocycles. The van der Waals surface area contributed by atoms with Crippen LogP contribution in [0.1, 0.15) is 31.2 Å². The first-order chi connectivity index (χ1) is 5.82. The van der Waals surface area contributed by atoms with E-state index in [2.05, 4.69) is 25.9 Å². The predicted molar refractivity (Wildman–Crippen MR) is 45.4 cm³/mol. The number of hydrogen-bond donors (Lipinski definition) is 1. The lowest BCUT2D eigenvalue weighted by atomic mass is 10.1. The first kappa shape index (κ1) is 10.6. The number of nitrogens with zero attached hydrogens (tertiary/aromatic N) is 1. The van der Waals surface area contributed by atoms with Gasteiger partial charge in [0.1, 0.15) is 0 Å². The van der Waals surface area contributed by atoms with E-state index >= 15 is 0 Å². The number of aromatic nitrogens is 2. The third-order valence-corrected chi connectivity index (χ3v) is 1.92. The van der Waals surface area contributed by atoms with Crippen LogP contribution in [0.4, 0.5) is 13.2 Å². The number of alkyl halides is 3. The second-order valence-electron chi connectivity index (χ2n) is 2.94. The smallest absolute Gasteiger partial charge is 0.336 e. The largest absolute Gasteiger partial charge is 0.435 e. The minimum absolute atomic E-state index is 0.111. The van der Waals surface area contributed by atoms with Crippen molar-refractivity contribution in [3.05, 3.63) is 16.1 Å². The number of halogens is 4. The molecule has 6 heteroatoms. The van der Waals surface area contributed by atoms with E-state index in [4.69, 9.17) is 0 Å². The second-order valence-corrected chi connectivity index (χ2v) is 3.69. The second kappa shape index (κ2) is 3.32. The molecule has 2 nitrogen and oxygen atoms in total. The molecule has 0 aliphatic rings. The molecule has 13 heavy (non-hydrogen) atoms. The average Bonchev–Trinajstić information content (AvgIpc) is 2.29. The lowest BCUT2D eigenvalue weighted by Gasteiger charge is -2.07. The number of H-pyrrole nitrogens is 1. The van der Waals surface area contributed by atoms with Crippen molar-refractivity contribution in [3.8, 4) is 0 Å². The summed E-state index contributed by atoms with van der Waals surface area (Å²) in [4.78, 5) is 5.88. The van der Waals surface area contributed by atoms with Gasteiger partial charge in [-0.3, -0.25) is 0 Å². The van der Waals surface area contributed by atoms with E-state index in [1.807, 2.05) is 0 Å². The molecule has 0 aliphatic heterocycles. The molecule has 0 amide bonds. The van der Waals surface area contributed by atoms with Crippen LogP contribution in [0.15, 0.2) is 4.73 Å². The molecule has 74 valence electrons. The van der Waals surface area contributed by atoms with Crippen molar-refractivity contribution in [1.82, 2.24) is 9.97 Å². The molecular formula is C7H8BrF3N2. The molecule has 0 atom stereocenters. The van der Waals surface area contributed by atoms with Gasteiger partial charge in [0.15, 0.2) is 10.4 Å². The summed E-state index contributed by atoms with van der Waals surface area (Å²) in [7, 11) is 0. The Bertz CT molecular complexity index is 303. The summed E-state index contributed by atoms with van der Waals surface area (Å²) in [5.41, 5.74) is -0.728. The molecule has 0 saturated carbocycles. The molecule has 0 radical (unpaired) electrons. The van der Waals surface area contributed by atoms with Crippen LogP contribution >= 0.6 is 15.9 Å². The topological polar surface area (TPSA) is 28.7 Å². The maximum absolute atomic E-state index is 12.3. The van der Waals surface area contributed by atoms with Gasteiger partial charge in [-0.15, -0.1) is 0 Å². The fraction of sp³-hybridized carbons (Fsp3) is 0.571. The van der Waals surface area contributed by atoms with Crippen molar-refractivity contribution in [2.45, 2.75) is 25.9 Å². The SMILES string of the molecule is CC(C)c1[nH]c(Br)nc1C(F)(F)F. The number of hydrogen-bond acceptors (Lipinski definition) is 1. The van der Waals surface area contributed by atoms with Crippen molar-refractivity contribution in [3.63, 3.8) is 0 Å². The summed E-state index contributed by atoms with van der Waals surface area (Å²) >= 11 is 2.88. The van der Waals surface area contributed by atoms with Crippen LogP contribution in [0, 0.1) is 0 Å².